The number of nitrogens with one attached hydrogen (secondary N) is 1. The lowest BCUT2D eigenvalue weighted by Gasteiger charge is -2.19. The van der Waals surface area contributed by atoms with Gasteiger partial charge in [0.1, 0.15) is 19.4 Å². The highest BCUT2D eigenvalue weighted by Gasteiger charge is 2.25. The monoisotopic (exact) mass is 431 g/mol. The molecule has 5 nitrogen and oxygen atoms in total. The summed E-state index contributed by atoms with van der Waals surface area (Å²) in [6.45, 7) is 17.7. The molecule has 0 atom stereocenters. The van der Waals surface area contributed by atoms with Gasteiger partial charge in [0, 0.05) is 19.7 Å². The number of ether oxygens (including phenoxy) is 1. The Morgan fingerprint density at radius 2 is 1.94 bits per heavy atom. The summed E-state index contributed by atoms with van der Waals surface area (Å²) in [5.41, 5.74) is 9.42. The summed E-state index contributed by atoms with van der Waals surface area (Å²) in [6, 6.07) is 6.26. The molecule has 0 bridgehead atoms. The van der Waals surface area contributed by atoms with Crippen LogP contribution in [0.4, 0.5) is 5.95 Å². The van der Waals surface area contributed by atoms with Crippen molar-refractivity contribution in [3.05, 3.63) is 82.8 Å². The Balaban J connectivity index is 1.99. The maximum Gasteiger partial charge on any atom is 0.208 e. The summed E-state index contributed by atoms with van der Waals surface area (Å²) in [6.07, 6.45) is 5.08. The van der Waals surface area contributed by atoms with E-state index in [-0.39, 0.29) is 0 Å². The largest absolute Gasteiger partial charge is 0.500 e. The van der Waals surface area contributed by atoms with Crippen LogP contribution in [-0.2, 0) is 11.8 Å². The summed E-state index contributed by atoms with van der Waals surface area (Å²) in [5, 5.41) is 3.42. The molecule has 0 saturated heterocycles. The number of imidazole rings is 1. The quantitative estimate of drug-likeness (QED) is 0.454. The fourth-order valence-corrected chi connectivity index (χ4v) is 4.07. The Kier molecular flexibility index (Phi) is 6.87. The third-order valence-electron chi connectivity index (χ3n) is 5.95. The van der Waals surface area contributed by atoms with E-state index in [9.17, 15) is 0 Å². The zero-order valence-electron chi connectivity index (χ0n) is 20.5. The second kappa shape index (κ2) is 9.43. The van der Waals surface area contributed by atoms with Gasteiger partial charge in [-0.25, -0.2) is 9.56 Å². The van der Waals surface area contributed by atoms with Crippen molar-refractivity contribution >= 4 is 22.7 Å². The van der Waals surface area contributed by atoms with Crippen LogP contribution in [0.25, 0.3) is 11.0 Å². The molecule has 0 spiro atoms. The van der Waals surface area contributed by atoms with Crippen LogP contribution in [-0.4, -0.2) is 40.5 Å². The number of aryl methyl sites for hydroxylation is 2. The average molecular weight is 432 g/mol. The molecule has 1 aliphatic rings. The Morgan fingerprint density at radius 3 is 2.59 bits per heavy atom. The van der Waals surface area contributed by atoms with Crippen LogP contribution in [0.3, 0.4) is 0 Å². The highest BCUT2D eigenvalue weighted by molar-refractivity contribution is 5.99. The van der Waals surface area contributed by atoms with Gasteiger partial charge in [0.15, 0.2) is 5.71 Å². The van der Waals surface area contributed by atoms with Crippen molar-refractivity contribution in [1.82, 2.24) is 9.55 Å². The third kappa shape index (κ3) is 4.77. The zero-order valence-corrected chi connectivity index (χ0v) is 20.5. The first-order chi connectivity index (χ1) is 15.1. The van der Waals surface area contributed by atoms with Gasteiger partial charge >= 0.3 is 0 Å². The predicted molar refractivity (Wildman–Crippen MR) is 135 cm³/mol. The molecular formula is C27H35N4O+. The van der Waals surface area contributed by atoms with Crippen molar-refractivity contribution in [3.8, 4) is 0 Å². The molecule has 0 aliphatic carbocycles. The van der Waals surface area contributed by atoms with E-state index in [1.54, 1.807) is 7.11 Å². The molecule has 3 rings (SSSR count). The summed E-state index contributed by atoms with van der Waals surface area (Å²) >= 11 is 0. The number of nitrogens with zero attached hydrogens (tertiary/aromatic N) is 3. The lowest BCUT2D eigenvalue weighted by molar-refractivity contribution is -0.498. The topological polar surface area (TPSA) is 42.1 Å². The van der Waals surface area contributed by atoms with Crippen molar-refractivity contribution in [1.29, 1.82) is 0 Å². The van der Waals surface area contributed by atoms with Gasteiger partial charge < -0.3 is 14.6 Å². The molecule has 0 radical (unpaired) electrons. The number of fused-ring (bicyclic) bond motifs is 1. The van der Waals surface area contributed by atoms with E-state index >= 15 is 0 Å². The van der Waals surface area contributed by atoms with Crippen LogP contribution < -0.4 is 5.32 Å². The second-order valence-electron chi connectivity index (χ2n) is 8.62. The second-order valence-corrected chi connectivity index (χ2v) is 8.62. The smallest absolute Gasteiger partial charge is 0.208 e. The van der Waals surface area contributed by atoms with E-state index < -0.39 is 0 Å². The molecule has 32 heavy (non-hydrogen) atoms. The molecule has 1 aromatic carbocycles. The lowest BCUT2D eigenvalue weighted by atomic mass is 9.95. The van der Waals surface area contributed by atoms with Gasteiger partial charge in [-0.15, -0.1) is 0 Å². The average Bonchev–Trinajstić information content (AvgIpc) is 3.03. The maximum atomic E-state index is 5.72. The highest BCUT2D eigenvalue weighted by atomic mass is 16.5. The van der Waals surface area contributed by atoms with Crippen LogP contribution in [0.15, 0.2) is 77.3 Å². The van der Waals surface area contributed by atoms with Gasteiger partial charge in [-0.3, -0.25) is 0 Å². The molecule has 0 saturated carbocycles. The zero-order chi connectivity index (χ0) is 23.6. The molecule has 1 aromatic heterocycles. The van der Waals surface area contributed by atoms with Gasteiger partial charge in [-0.2, -0.15) is 0 Å². The summed E-state index contributed by atoms with van der Waals surface area (Å²) in [4.78, 5) is 4.75. The molecule has 1 N–H and O–H groups in total. The van der Waals surface area contributed by atoms with Gasteiger partial charge in [-0.1, -0.05) is 30.9 Å². The van der Waals surface area contributed by atoms with E-state index in [0.717, 1.165) is 63.7 Å². The van der Waals surface area contributed by atoms with Crippen molar-refractivity contribution < 1.29 is 9.31 Å². The maximum absolute atomic E-state index is 5.72. The molecule has 168 valence electrons. The first-order valence-corrected chi connectivity index (χ1v) is 10.9. The number of aromatic nitrogens is 2. The van der Waals surface area contributed by atoms with Crippen LogP contribution >= 0.6 is 0 Å². The predicted octanol–water partition coefficient (Wildman–Crippen LogP) is 5.66. The SMILES string of the molecule is C=C(C)/C=C(\C=C(/C)C1=C(OC)CC[N+](C)=C1C)C(=C)Nc1nc2ccc(C)cc2n1C. The van der Waals surface area contributed by atoms with Crippen molar-refractivity contribution in [2.45, 2.75) is 34.1 Å². The Labute approximate surface area is 191 Å². The molecular weight excluding hydrogens is 396 g/mol. The number of benzene rings is 1. The molecule has 0 unspecified atom stereocenters. The van der Waals surface area contributed by atoms with Crippen LogP contribution in [0.5, 0.6) is 0 Å². The number of anilines is 1. The first kappa shape index (κ1) is 23.3. The number of rotatable bonds is 7. The van der Waals surface area contributed by atoms with Gasteiger partial charge in [0.2, 0.25) is 5.95 Å². The number of methoxy groups -OCH3 is 1. The highest BCUT2D eigenvalue weighted by Crippen LogP contribution is 2.27. The van der Waals surface area contributed by atoms with Gasteiger partial charge in [-0.05, 0) is 55.7 Å². The van der Waals surface area contributed by atoms with Crippen molar-refractivity contribution in [2.75, 3.05) is 26.0 Å². The first-order valence-electron chi connectivity index (χ1n) is 10.9. The van der Waals surface area contributed by atoms with E-state index in [4.69, 9.17) is 9.72 Å². The van der Waals surface area contributed by atoms with E-state index in [1.807, 2.05) is 26.1 Å². The standard InChI is InChI=1S/C27H35N4O/c1-17(2)14-22(16-19(4)26-21(6)30(7)13-12-25(26)32-9)20(5)28-27-29-23-11-10-18(3)15-24(23)31(27)8/h10-11,14-16H,1,5,12-13H2,2-4,6-9H3,(H,28,29)/q+1/b19-16+,22-14+. The fourth-order valence-electron chi connectivity index (χ4n) is 4.07. The summed E-state index contributed by atoms with van der Waals surface area (Å²) in [7, 11) is 5.88. The van der Waals surface area contributed by atoms with Gasteiger partial charge in [0.25, 0.3) is 0 Å². The minimum atomic E-state index is 0.756. The molecule has 0 amide bonds. The molecule has 2 aromatic rings. The van der Waals surface area contributed by atoms with Crippen molar-refractivity contribution in [3.63, 3.8) is 0 Å². The van der Waals surface area contributed by atoms with E-state index in [2.05, 4.69) is 73.6 Å². The van der Waals surface area contributed by atoms with Crippen LogP contribution in [0, 0.1) is 6.92 Å². The van der Waals surface area contributed by atoms with Crippen LogP contribution in [0.2, 0.25) is 0 Å². The van der Waals surface area contributed by atoms with Crippen molar-refractivity contribution in [2.24, 2.45) is 7.05 Å². The fraction of sp³-hybridized carbons (Fsp3) is 0.333. The van der Waals surface area contributed by atoms with E-state index in [1.165, 1.54) is 11.3 Å². The molecule has 0 fully saturated rings. The van der Waals surface area contributed by atoms with Gasteiger partial charge in [0.05, 0.1) is 30.1 Å². The Morgan fingerprint density at radius 1 is 1.22 bits per heavy atom. The Bertz CT molecular complexity index is 1220. The molecule has 2 heterocycles. The third-order valence-corrected chi connectivity index (χ3v) is 5.95. The van der Waals surface area contributed by atoms with E-state index in [0.29, 0.717) is 0 Å². The number of hydrogen-bond acceptors (Lipinski definition) is 3. The lowest BCUT2D eigenvalue weighted by Crippen LogP contribution is -2.25. The van der Waals surface area contributed by atoms with Crippen LogP contribution in [0.1, 0.15) is 32.8 Å². The number of allylic oxidation sites excluding steroid dienone is 5. The minimum absolute atomic E-state index is 0.756. The minimum Gasteiger partial charge on any atom is -0.500 e. The number of hydrogen-bond donors (Lipinski definition) is 1. The Hall–Kier alpha value is -3.34. The summed E-state index contributed by atoms with van der Waals surface area (Å²) < 4.78 is 10.1. The molecule has 1 aliphatic heterocycles. The molecule has 5 heteroatoms. The summed E-state index contributed by atoms with van der Waals surface area (Å²) in [5.74, 6) is 1.78. The normalized spacial score (nSPS) is 15.5.